The van der Waals surface area contributed by atoms with Crippen LogP contribution in [0.3, 0.4) is 0 Å². The number of hydrogen-bond acceptors (Lipinski definition) is 2. The topological polar surface area (TPSA) is 29.1 Å². The second-order valence-corrected chi connectivity index (χ2v) is 5.42. The van der Waals surface area contributed by atoms with Crippen LogP contribution in [-0.2, 0) is 4.79 Å². The largest absolute Gasteiger partial charge is 0.306 e. The lowest BCUT2D eigenvalue weighted by Crippen LogP contribution is -2.29. The van der Waals surface area contributed by atoms with Gasteiger partial charge in [0.2, 0.25) is 0 Å². The molecule has 0 amide bonds. The zero-order chi connectivity index (χ0) is 22.8. The molecule has 1 rings (SSSR count). The van der Waals surface area contributed by atoms with Crippen molar-refractivity contribution in [3.63, 3.8) is 0 Å². The molecule has 28 heavy (non-hydrogen) atoms. The normalized spacial score (nSPS) is 12.7. The van der Waals surface area contributed by atoms with Gasteiger partial charge < -0.3 is 10.1 Å². The van der Waals surface area contributed by atoms with Gasteiger partial charge in [-0.05, 0) is 51.7 Å². The molecule has 1 atom stereocenters. The maximum absolute atomic E-state index is 9.44. The smallest absolute Gasteiger partial charge is 0.126 e. The highest BCUT2D eigenvalue weighted by molar-refractivity contribution is 5.72. The Hall–Kier alpha value is -2.15. The third-order valence-electron chi connectivity index (χ3n) is 2.85. The van der Waals surface area contributed by atoms with Gasteiger partial charge in [-0.2, -0.15) is 0 Å². The first-order valence-corrected chi connectivity index (χ1v) is 10.2. The number of ketones is 1. The molecule has 0 heterocycles. The third kappa shape index (κ3) is 28.6. The summed E-state index contributed by atoms with van der Waals surface area (Å²) in [5, 5.41) is 3.54. The Morgan fingerprint density at radius 1 is 1.21 bits per heavy atom. The number of rotatable bonds is 6. The van der Waals surface area contributed by atoms with Crippen LogP contribution in [0.2, 0.25) is 0 Å². The third-order valence-corrected chi connectivity index (χ3v) is 2.85. The molecule has 0 spiro atoms. The van der Waals surface area contributed by atoms with Gasteiger partial charge >= 0.3 is 0 Å². The van der Waals surface area contributed by atoms with Crippen molar-refractivity contribution >= 4 is 5.78 Å². The minimum absolute atomic E-state index is 0.167. The fraction of sp³-hybridized carbons (Fsp3) is 0.462. The Morgan fingerprint density at radius 2 is 1.71 bits per heavy atom. The van der Waals surface area contributed by atoms with Gasteiger partial charge in [-0.15, -0.1) is 5.73 Å². The summed E-state index contributed by atoms with van der Waals surface area (Å²) in [4.78, 5) is 9.44. The predicted octanol–water partition coefficient (Wildman–Crippen LogP) is 7.53. The molecule has 1 aliphatic rings. The monoisotopic (exact) mass is 387 g/mol. The summed E-state index contributed by atoms with van der Waals surface area (Å²) in [7, 11) is 0. The lowest BCUT2D eigenvalue weighted by Gasteiger charge is -2.17. The van der Waals surface area contributed by atoms with E-state index < -0.39 is 0 Å². The maximum Gasteiger partial charge on any atom is 0.126 e. The predicted molar refractivity (Wildman–Crippen MR) is 131 cm³/mol. The number of Topliss-reactive ketones (excluding diaryl/α,β-unsaturated/α-hetero) is 1. The second-order valence-electron chi connectivity index (χ2n) is 5.42. The molecular weight excluding hydrogens is 342 g/mol. The first kappa shape index (κ1) is 33.4. The summed E-state index contributed by atoms with van der Waals surface area (Å²) < 4.78 is 0. The average molecular weight is 388 g/mol. The van der Waals surface area contributed by atoms with Crippen LogP contribution in [-0.4, -0.2) is 18.4 Å². The maximum atomic E-state index is 9.44. The molecule has 0 fully saturated rings. The molecule has 160 valence electrons. The minimum atomic E-state index is 0.167. The fourth-order valence-corrected chi connectivity index (χ4v) is 1.88. The van der Waals surface area contributed by atoms with E-state index in [0.717, 1.165) is 6.54 Å². The highest BCUT2D eigenvalue weighted by Gasteiger charge is 2.07. The molecule has 0 saturated heterocycles. The molecule has 0 aromatic heterocycles. The molecule has 0 aromatic carbocycles. The van der Waals surface area contributed by atoms with Crippen molar-refractivity contribution in [2.45, 2.75) is 74.3 Å². The molecule has 0 aliphatic heterocycles. The Morgan fingerprint density at radius 3 is 2.07 bits per heavy atom. The molecule has 1 unspecified atom stereocenters. The van der Waals surface area contributed by atoms with Gasteiger partial charge in [0.15, 0.2) is 0 Å². The van der Waals surface area contributed by atoms with E-state index in [1.54, 1.807) is 0 Å². The highest BCUT2D eigenvalue weighted by atomic mass is 16.1. The standard InChI is InChI=1S/C16H23N.C3H6O.C3H4.2C2H6/c1-4-9-15(10-5-2)13-17-14(3)16-11-7-6-8-12-16;1-3(2)4;1-3-2;2*1-2/h4-5,7,9-12,14,17H,1,6,8,13H2,2-3H3;1-2H3;1-2H2;2*1-2H3/b10-5-,15-9+;;;;. The number of hydrogen-bond donors (Lipinski definition) is 1. The van der Waals surface area contributed by atoms with Crippen molar-refractivity contribution in [1.82, 2.24) is 5.32 Å². The Bertz CT molecular complexity index is 509. The van der Waals surface area contributed by atoms with E-state index in [-0.39, 0.29) is 5.78 Å². The summed E-state index contributed by atoms with van der Waals surface area (Å²) in [6.45, 7) is 26.2. The first-order chi connectivity index (χ1) is 13.4. The van der Waals surface area contributed by atoms with E-state index in [2.05, 4.69) is 68.1 Å². The Labute approximate surface area is 176 Å². The number of allylic oxidation sites excluding steroid dienone is 5. The Kier molecular flexibility index (Phi) is 35.4. The van der Waals surface area contributed by atoms with Crippen LogP contribution < -0.4 is 5.32 Å². The van der Waals surface area contributed by atoms with Crippen LogP contribution in [0.25, 0.3) is 0 Å². The van der Waals surface area contributed by atoms with E-state index >= 15 is 0 Å². The van der Waals surface area contributed by atoms with Gasteiger partial charge in [0.05, 0.1) is 0 Å². The molecule has 0 bridgehead atoms. The van der Waals surface area contributed by atoms with Crippen LogP contribution in [0.5, 0.6) is 0 Å². The van der Waals surface area contributed by atoms with E-state index in [1.807, 2.05) is 46.8 Å². The van der Waals surface area contributed by atoms with Gasteiger partial charge in [-0.3, -0.25) is 0 Å². The summed E-state index contributed by atoms with van der Waals surface area (Å²) in [5.74, 6) is 0.167. The van der Waals surface area contributed by atoms with Crippen LogP contribution in [0, 0.1) is 0 Å². The lowest BCUT2D eigenvalue weighted by atomic mass is 10.0. The van der Waals surface area contributed by atoms with Crippen LogP contribution in [0.4, 0.5) is 0 Å². The van der Waals surface area contributed by atoms with Crippen LogP contribution in [0.1, 0.15) is 68.2 Å². The molecule has 0 aromatic rings. The summed E-state index contributed by atoms with van der Waals surface area (Å²) in [6.07, 6.45) is 17.2. The summed E-state index contributed by atoms with van der Waals surface area (Å²) >= 11 is 0. The molecule has 1 N–H and O–H groups in total. The van der Waals surface area contributed by atoms with Crippen molar-refractivity contribution in [3.05, 3.63) is 79.1 Å². The first-order valence-electron chi connectivity index (χ1n) is 10.2. The molecule has 2 nitrogen and oxygen atoms in total. The minimum Gasteiger partial charge on any atom is -0.306 e. The summed E-state index contributed by atoms with van der Waals surface area (Å²) in [5.41, 5.74) is 4.91. The van der Waals surface area contributed by atoms with Crippen molar-refractivity contribution < 1.29 is 4.79 Å². The molecule has 2 heteroatoms. The van der Waals surface area contributed by atoms with E-state index in [0.29, 0.717) is 6.04 Å². The number of carbonyl (C=O) groups excluding carboxylic acids is 1. The van der Waals surface area contributed by atoms with Gasteiger partial charge in [0, 0.05) is 12.6 Å². The van der Waals surface area contributed by atoms with Crippen LogP contribution in [0.15, 0.2) is 79.1 Å². The quantitative estimate of drug-likeness (QED) is 0.377. The number of carbonyl (C=O) groups is 1. The zero-order valence-corrected chi connectivity index (χ0v) is 19.8. The molecule has 0 saturated carbocycles. The average Bonchev–Trinajstić information content (AvgIpc) is 2.70. The molecular formula is C26H45NO. The van der Waals surface area contributed by atoms with Gasteiger partial charge in [-0.25, -0.2) is 0 Å². The van der Waals surface area contributed by atoms with Crippen molar-refractivity contribution in [2.75, 3.05) is 6.54 Å². The summed E-state index contributed by atoms with van der Waals surface area (Å²) in [6, 6.07) is 0.407. The highest BCUT2D eigenvalue weighted by Crippen LogP contribution is 2.13. The van der Waals surface area contributed by atoms with Crippen molar-refractivity contribution in [3.8, 4) is 0 Å². The lowest BCUT2D eigenvalue weighted by molar-refractivity contribution is -0.114. The molecule has 1 aliphatic carbocycles. The van der Waals surface area contributed by atoms with Gasteiger partial charge in [0.1, 0.15) is 5.78 Å². The van der Waals surface area contributed by atoms with Crippen molar-refractivity contribution in [1.29, 1.82) is 0 Å². The Balaban J connectivity index is -0.000000219. The van der Waals surface area contributed by atoms with E-state index in [9.17, 15) is 4.79 Å². The SMILES string of the molecule is C=C/C=C(\C=C/C)CNC(C)C1=CCCC=C1.C=C=C.CC.CC.CC(C)=O. The van der Waals surface area contributed by atoms with E-state index in [1.165, 1.54) is 37.8 Å². The molecule has 0 radical (unpaired) electrons. The zero-order valence-electron chi connectivity index (χ0n) is 19.8. The van der Waals surface area contributed by atoms with Crippen molar-refractivity contribution in [2.24, 2.45) is 0 Å². The number of nitrogens with one attached hydrogen (secondary N) is 1. The van der Waals surface area contributed by atoms with Gasteiger partial charge in [-0.1, -0.05) is 90.0 Å². The van der Waals surface area contributed by atoms with E-state index in [4.69, 9.17) is 0 Å². The van der Waals surface area contributed by atoms with Crippen LogP contribution >= 0.6 is 0 Å². The second kappa shape index (κ2) is 29.6. The van der Waals surface area contributed by atoms with Gasteiger partial charge in [0.25, 0.3) is 0 Å². The fourth-order valence-electron chi connectivity index (χ4n) is 1.88.